The molecule has 1 atom stereocenters. The average molecular weight is 318 g/mol. The van der Waals surface area contributed by atoms with Gasteiger partial charge in [-0.15, -0.1) is 0 Å². The van der Waals surface area contributed by atoms with E-state index < -0.39 is 0 Å². The van der Waals surface area contributed by atoms with Gasteiger partial charge in [-0.3, -0.25) is 4.79 Å². The second-order valence-corrected chi connectivity index (χ2v) is 6.07. The summed E-state index contributed by atoms with van der Waals surface area (Å²) in [4.78, 5) is 11.3. The van der Waals surface area contributed by atoms with E-state index >= 15 is 0 Å². The van der Waals surface area contributed by atoms with E-state index in [4.69, 9.17) is 9.47 Å². The summed E-state index contributed by atoms with van der Waals surface area (Å²) < 4.78 is 11.2. The van der Waals surface area contributed by atoms with Crippen LogP contribution in [0.4, 0.5) is 0 Å². The lowest BCUT2D eigenvalue weighted by Gasteiger charge is -2.22. The van der Waals surface area contributed by atoms with Crippen LogP contribution in [0.1, 0.15) is 65.7 Å². The third-order valence-electron chi connectivity index (χ3n) is 3.89. The first-order chi connectivity index (χ1) is 11.1. The molecule has 0 aromatic heterocycles. The van der Waals surface area contributed by atoms with E-state index in [0.29, 0.717) is 13.0 Å². The number of ether oxygens (including phenoxy) is 2. The number of hydrogen-bond donors (Lipinski definition) is 0. The van der Waals surface area contributed by atoms with E-state index in [1.165, 1.54) is 17.6 Å². The first-order valence-corrected chi connectivity index (χ1v) is 8.62. The van der Waals surface area contributed by atoms with Crippen LogP contribution in [-0.4, -0.2) is 25.3 Å². The second-order valence-electron chi connectivity index (χ2n) is 6.07. The van der Waals surface area contributed by atoms with Gasteiger partial charge >= 0.3 is 0 Å². The molecule has 0 aromatic carbocycles. The fraction of sp³-hybridized carbons (Fsp3) is 0.650. The summed E-state index contributed by atoms with van der Waals surface area (Å²) in [5, 5.41) is 0. The number of rotatable bonds is 9. The fourth-order valence-electron chi connectivity index (χ4n) is 2.40. The molecule has 23 heavy (non-hydrogen) atoms. The topological polar surface area (TPSA) is 35.5 Å². The Morgan fingerprint density at radius 2 is 1.96 bits per heavy atom. The molecule has 3 heteroatoms. The van der Waals surface area contributed by atoms with E-state index in [0.717, 1.165) is 38.7 Å². The maximum absolute atomic E-state index is 11.3. The smallest absolute Gasteiger partial charge is 0.205 e. The van der Waals surface area contributed by atoms with Crippen molar-refractivity contribution >= 4 is 5.78 Å². The van der Waals surface area contributed by atoms with E-state index in [-0.39, 0.29) is 12.1 Å². The zero-order valence-electron chi connectivity index (χ0n) is 14.8. The monoisotopic (exact) mass is 318 g/mol. The maximum atomic E-state index is 11.3. The third-order valence-corrected chi connectivity index (χ3v) is 3.89. The standard InChI is InChI=1S/C20H30O3/c1-4-8-19(21)13-12-17(2)9-7-10-18(3)14-16-23-20-11-5-6-15-22-20/h9,14,20H,5-7,10-13,15-16H2,1-3H3. The summed E-state index contributed by atoms with van der Waals surface area (Å²) in [6, 6.07) is 0. The van der Waals surface area contributed by atoms with Gasteiger partial charge in [0, 0.05) is 13.0 Å². The highest BCUT2D eigenvalue weighted by atomic mass is 16.7. The molecule has 1 unspecified atom stereocenters. The average Bonchev–Trinajstić information content (AvgIpc) is 2.54. The Morgan fingerprint density at radius 3 is 2.65 bits per heavy atom. The normalized spacial score (nSPS) is 19.2. The highest BCUT2D eigenvalue weighted by Gasteiger charge is 2.12. The van der Waals surface area contributed by atoms with E-state index in [9.17, 15) is 4.79 Å². The molecule has 0 aromatic rings. The SMILES string of the molecule is CC#CC(=O)CCC(C)=CCCC(C)=CCOC1CCCCO1. The summed E-state index contributed by atoms with van der Waals surface area (Å²) in [6.07, 6.45) is 11.1. The summed E-state index contributed by atoms with van der Waals surface area (Å²) in [7, 11) is 0. The molecule has 1 aliphatic heterocycles. The van der Waals surface area contributed by atoms with Gasteiger partial charge in [0.05, 0.1) is 6.61 Å². The third kappa shape index (κ3) is 10.1. The van der Waals surface area contributed by atoms with Crippen molar-refractivity contribution in [2.45, 2.75) is 72.0 Å². The Labute approximate surface area is 141 Å². The molecular weight excluding hydrogens is 288 g/mol. The van der Waals surface area contributed by atoms with Crippen molar-refractivity contribution < 1.29 is 14.3 Å². The van der Waals surface area contributed by atoms with Gasteiger partial charge in [0.1, 0.15) is 0 Å². The quantitative estimate of drug-likeness (QED) is 0.355. The van der Waals surface area contributed by atoms with Crippen molar-refractivity contribution in [3.63, 3.8) is 0 Å². The number of hydrogen-bond acceptors (Lipinski definition) is 3. The molecule has 0 spiro atoms. The number of Topliss-reactive ketones (excluding diaryl/α,β-unsaturated/α-hetero) is 1. The minimum Gasteiger partial charge on any atom is -0.353 e. The van der Waals surface area contributed by atoms with Crippen LogP contribution < -0.4 is 0 Å². The van der Waals surface area contributed by atoms with Gasteiger partial charge in [0.25, 0.3) is 0 Å². The van der Waals surface area contributed by atoms with Crippen LogP contribution in [0.3, 0.4) is 0 Å². The largest absolute Gasteiger partial charge is 0.353 e. The van der Waals surface area contributed by atoms with Gasteiger partial charge in [-0.25, -0.2) is 0 Å². The fourth-order valence-corrected chi connectivity index (χ4v) is 2.40. The first-order valence-electron chi connectivity index (χ1n) is 8.62. The Bertz CT molecular complexity index is 471. The van der Waals surface area contributed by atoms with Crippen molar-refractivity contribution in [1.82, 2.24) is 0 Å². The molecule has 1 rings (SSSR count). The predicted molar refractivity (Wildman–Crippen MR) is 94.0 cm³/mol. The van der Waals surface area contributed by atoms with Gasteiger partial charge in [-0.2, -0.15) is 0 Å². The van der Waals surface area contributed by atoms with Crippen molar-refractivity contribution in [2.24, 2.45) is 0 Å². The van der Waals surface area contributed by atoms with E-state index in [1.807, 2.05) is 0 Å². The van der Waals surface area contributed by atoms with E-state index in [2.05, 4.69) is 37.8 Å². The highest BCUT2D eigenvalue weighted by Crippen LogP contribution is 2.14. The van der Waals surface area contributed by atoms with Crippen LogP contribution in [0, 0.1) is 11.8 Å². The van der Waals surface area contributed by atoms with Gasteiger partial charge in [0.15, 0.2) is 6.29 Å². The predicted octanol–water partition coefficient (Wildman–Crippen LogP) is 4.58. The van der Waals surface area contributed by atoms with Crippen LogP contribution in [0.2, 0.25) is 0 Å². The number of allylic oxidation sites excluding steroid dienone is 3. The maximum Gasteiger partial charge on any atom is 0.205 e. The molecule has 1 aliphatic rings. The minimum absolute atomic E-state index is 0.0151. The van der Waals surface area contributed by atoms with Gasteiger partial charge < -0.3 is 9.47 Å². The Hall–Kier alpha value is -1.37. The minimum atomic E-state index is -0.0151. The van der Waals surface area contributed by atoms with Crippen molar-refractivity contribution in [3.8, 4) is 11.8 Å². The first kappa shape index (κ1) is 19.7. The molecule has 0 aliphatic carbocycles. The molecule has 1 saturated heterocycles. The molecule has 1 fully saturated rings. The molecule has 0 N–H and O–H groups in total. The van der Waals surface area contributed by atoms with Crippen molar-refractivity contribution in [3.05, 3.63) is 23.3 Å². The lowest BCUT2D eigenvalue weighted by Crippen LogP contribution is -2.22. The van der Waals surface area contributed by atoms with Crippen molar-refractivity contribution in [1.29, 1.82) is 0 Å². The summed E-state index contributed by atoms with van der Waals surface area (Å²) in [5.74, 6) is 5.25. The number of carbonyl (C=O) groups excluding carboxylic acids is 1. The molecular formula is C20H30O3. The van der Waals surface area contributed by atoms with E-state index in [1.54, 1.807) is 6.92 Å². The van der Waals surface area contributed by atoms with Crippen molar-refractivity contribution in [2.75, 3.05) is 13.2 Å². The summed E-state index contributed by atoms with van der Waals surface area (Å²) >= 11 is 0. The lowest BCUT2D eigenvalue weighted by molar-refractivity contribution is -0.155. The zero-order valence-corrected chi connectivity index (χ0v) is 14.8. The molecule has 0 radical (unpaired) electrons. The Morgan fingerprint density at radius 1 is 1.17 bits per heavy atom. The van der Waals surface area contributed by atoms with Gasteiger partial charge in [-0.1, -0.05) is 29.2 Å². The molecule has 0 amide bonds. The van der Waals surface area contributed by atoms with Crippen LogP contribution in [0.25, 0.3) is 0 Å². The zero-order chi connectivity index (χ0) is 16.9. The Kier molecular flexibility index (Phi) is 10.4. The molecule has 128 valence electrons. The molecule has 0 bridgehead atoms. The summed E-state index contributed by atoms with van der Waals surface area (Å²) in [5.41, 5.74) is 2.59. The van der Waals surface area contributed by atoms with Gasteiger partial charge in [-0.05, 0) is 65.2 Å². The molecule has 3 nitrogen and oxygen atoms in total. The lowest BCUT2D eigenvalue weighted by atomic mass is 10.1. The second kappa shape index (κ2) is 12.1. The highest BCUT2D eigenvalue weighted by molar-refractivity contribution is 5.95. The van der Waals surface area contributed by atoms with Crippen LogP contribution in [0.5, 0.6) is 0 Å². The van der Waals surface area contributed by atoms with Crippen LogP contribution in [-0.2, 0) is 14.3 Å². The Balaban J connectivity index is 2.16. The van der Waals surface area contributed by atoms with Crippen LogP contribution >= 0.6 is 0 Å². The number of carbonyl (C=O) groups is 1. The molecule has 0 saturated carbocycles. The molecule has 1 heterocycles. The van der Waals surface area contributed by atoms with Gasteiger partial charge in [0.2, 0.25) is 5.78 Å². The van der Waals surface area contributed by atoms with Crippen LogP contribution in [0.15, 0.2) is 23.3 Å². The summed E-state index contributed by atoms with van der Waals surface area (Å²) in [6.45, 7) is 7.36. The number of ketones is 1.